The van der Waals surface area contributed by atoms with Crippen molar-refractivity contribution in [1.29, 1.82) is 0 Å². The van der Waals surface area contributed by atoms with Crippen molar-refractivity contribution < 1.29 is 22.7 Å². The second-order valence-corrected chi connectivity index (χ2v) is 6.02. The third-order valence-electron chi connectivity index (χ3n) is 4.40. The van der Waals surface area contributed by atoms with E-state index in [1.807, 2.05) is 30.3 Å². The van der Waals surface area contributed by atoms with Crippen LogP contribution in [-0.4, -0.2) is 18.0 Å². The number of carbonyl (C=O) groups is 1. The summed E-state index contributed by atoms with van der Waals surface area (Å²) in [6, 6.07) is 10.3. The fraction of sp³-hybridized carbons (Fsp3) is 0.333. The molecule has 132 valence electrons. The number of nitrogens with one attached hydrogen (secondary N) is 1. The molecular formula is C18H17F3N2O2. The number of methoxy groups -OCH3 is 1. The molecule has 0 bridgehead atoms. The molecule has 1 amide bonds. The second kappa shape index (κ2) is 6.38. The summed E-state index contributed by atoms with van der Waals surface area (Å²) < 4.78 is 43.6. The van der Waals surface area contributed by atoms with Crippen molar-refractivity contribution in [2.45, 2.75) is 31.0 Å². The zero-order valence-corrected chi connectivity index (χ0v) is 13.6. The van der Waals surface area contributed by atoms with Gasteiger partial charge in [-0.3, -0.25) is 4.79 Å². The van der Waals surface area contributed by atoms with Gasteiger partial charge in [0.1, 0.15) is 0 Å². The molecule has 0 unspecified atom stereocenters. The lowest BCUT2D eigenvalue weighted by molar-refractivity contribution is -0.137. The molecule has 1 aliphatic rings. The highest BCUT2D eigenvalue weighted by atomic mass is 19.4. The Balaban J connectivity index is 1.76. The molecule has 0 aliphatic heterocycles. The number of carbonyl (C=O) groups excluding carboxylic acids is 1. The lowest BCUT2D eigenvalue weighted by Gasteiger charge is -2.17. The lowest BCUT2D eigenvalue weighted by Crippen LogP contribution is -2.34. The van der Waals surface area contributed by atoms with E-state index in [9.17, 15) is 18.0 Å². The van der Waals surface area contributed by atoms with E-state index in [2.05, 4.69) is 10.3 Å². The molecule has 1 heterocycles. The molecule has 3 rings (SSSR count). The summed E-state index contributed by atoms with van der Waals surface area (Å²) in [4.78, 5) is 16.3. The molecule has 0 saturated heterocycles. The summed E-state index contributed by atoms with van der Waals surface area (Å²) in [5, 5.41) is 2.73. The molecule has 1 aromatic carbocycles. The smallest absolute Gasteiger partial charge is 0.417 e. The third-order valence-corrected chi connectivity index (χ3v) is 4.40. The van der Waals surface area contributed by atoms with Crippen LogP contribution in [0.4, 0.5) is 13.2 Å². The first kappa shape index (κ1) is 17.3. The second-order valence-electron chi connectivity index (χ2n) is 6.02. The van der Waals surface area contributed by atoms with E-state index < -0.39 is 17.2 Å². The molecule has 2 aromatic rings. The van der Waals surface area contributed by atoms with Crippen LogP contribution in [-0.2, 0) is 22.9 Å². The molecule has 25 heavy (non-hydrogen) atoms. The van der Waals surface area contributed by atoms with E-state index >= 15 is 0 Å². The Morgan fingerprint density at radius 1 is 1.28 bits per heavy atom. The number of aromatic nitrogens is 1. The van der Waals surface area contributed by atoms with E-state index in [1.54, 1.807) is 0 Å². The Morgan fingerprint density at radius 2 is 1.96 bits per heavy atom. The molecular weight excluding hydrogens is 333 g/mol. The first-order valence-corrected chi connectivity index (χ1v) is 7.81. The molecule has 0 atom stereocenters. The van der Waals surface area contributed by atoms with Crippen molar-refractivity contribution in [2.24, 2.45) is 0 Å². The van der Waals surface area contributed by atoms with Gasteiger partial charge in [0.25, 0.3) is 0 Å². The number of nitrogens with zero attached hydrogens (tertiary/aromatic N) is 1. The van der Waals surface area contributed by atoms with Gasteiger partial charge in [0, 0.05) is 18.3 Å². The van der Waals surface area contributed by atoms with Crippen LogP contribution < -0.4 is 10.1 Å². The molecule has 1 fully saturated rings. The molecule has 4 nitrogen and oxygen atoms in total. The van der Waals surface area contributed by atoms with Gasteiger partial charge in [-0.15, -0.1) is 0 Å². The average Bonchev–Trinajstić information content (AvgIpc) is 3.41. The summed E-state index contributed by atoms with van der Waals surface area (Å²) in [6.45, 7) is -0.0759. The topological polar surface area (TPSA) is 51.2 Å². The van der Waals surface area contributed by atoms with Crippen LogP contribution in [0.2, 0.25) is 0 Å². The SMILES string of the molecule is COc1ncc(C(F)(F)F)cc1CNC(=O)C1(c2ccccc2)CC1. The van der Waals surface area contributed by atoms with Gasteiger partial charge in [-0.25, -0.2) is 4.98 Å². The predicted molar refractivity (Wildman–Crippen MR) is 85.0 cm³/mol. The highest BCUT2D eigenvalue weighted by molar-refractivity contribution is 5.91. The molecule has 1 N–H and O–H groups in total. The molecule has 0 spiro atoms. The van der Waals surface area contributed by atoms with Gasteiger partial charge in [0.15, 0.2) is 0 Å². The molecule has 0 radical (unpaired) electrons. The van der Waals surface area contributed by atoms with Crippen molar-refractivity contribution in [3.63, 3.8) is 0 Å². The Morgan fingerprint density at radius 3 is 2.52 bits per heavy atom. The zero-order chi connectivity index (χ0) is 18.1. The largest absolute Gasteiger partial charge is 0.481 e. The quantitative estimate of drug-likeness (QED) is 0.899. The van der Waals surface area contributed by atoms with Gasteiger partial charge in [0.05, 0.1) is 18.1 Å². The van der Waals surface area contributed by atoms with E-state index in [4.69, 9.17) is 4.74 Å². The summed E-state index contributed by atoms with van der Waals surface area (Å²) in [6.07, 6.45) is -2.34. The Kier molecular flexibility index (Phi) is 4.41. The van der Waals surface area contributed by atoms with Gasteiger partial charge in [-0.1, -0.05) is 30.3 Å². The minimum atomic E-state index is -4.50. The van der Waals surface area contributed by atoms with Crippen LogP contribution >= 0.6 is 0 Å². The van der Waals surface area contributed by atoms with E-state index in [1.165, 1.54) is 7.11 Å². The highest BCUT2D eigenvalue weighted by Gasteiger charge is 2.51. The number of halogens is 3. The van der Waals surface area contributed by atoms with Crippen molar-refractivity contribution >= 4 is 5.91 Å². The summed E-state index contributed by atoms with van der Waals surface area (Å²) in [5.41, 5.74) is -0.346. The number of hydrogen-bond donors (Lipinski definition) is 1. The fourth-order valence-corrected chi connectivity index (χ4v) is 2.84. The van der Waals surface area contributed by atoms with Crippen LogP contribution in [0.25, 0.3) is 0 Å². The van der Waals surface area contributed by atoms with Crippen molar-refractivity contribution in [1.82, 2.24) is 10.3 Å². The monoisotopic (exact) mass is 350 g/mol. The standard InChI is InChI=1S/C18H17F3N2O2/c1-25-15-12(9-14(11-22-15)18(19,20)21)10-23-16(24)17(7-8-17)13-5-3-2-4-6-13/h2-6,9,11H,7-8,10H2,1H3,(H,23,24). The van der Waals surface area contributed by atoms with Crippen LogP contribution in [0.3, 0.4) is 0 Å². The van der Waals surface area contributed by atoms with Crippen LogP contribution in [0.5, 0.6) is 5.88 Å². The number of hydrogen-bond acceptors (Lipinski definition) is 3. The maximum atomic E-state index is 12.9. The molecule has 7 heteroatoms. The third kappa shape index (κ3) is 3.45. The number of benzene rings is 1. The Hall–Kier alpha value is -2.57. The van der Waals surface area contributed by atoms with Gasteiger partial charge in [-0.05, 0) is 24.5 Å². The summed E-state index contributed by atoms with van der Waals surface area (Å²) in [5.74, 6) is -0.129. The van der Waals surface area contributed by atoms with Gasteiger partial charge >= 0.3 is 6.18 Å². The lowest BCUT2D eigenvalue weighted by atomic mass is 9.95. The summed E-state index contributed by atoms with van der Waals surface area (Å²) in [7, 11) is 1.33. The molecule has 1 aliphatic carbocycles. The van der Waals surface area contributed by atoms with Crippen LogP contribution in [0.15, 0.2) is 42.6 Å². The van der Waals surface area contributed by atoms with Gasteiger partial charge < -0.3 is 10.1 Å². The first-order valence-electron chi connectivity index (χ1n) is 7.81. The zero-order valence-electron chi connectivity index (χ0n) is 13.6. The Labute approximate surface area is 143 Å². The first-order chi connectivity index (χ1) is 11.9. The summed E-state index contributed by atoms with van der Waals surface area (Å²) >= 11 is 0. The number of rotatable bonds is 5. The highest BCUT2D eigenvalue weighted by Crippen LogP contribution is 2.48. The predicted octanol–water partition coefficient (Wildman–Crippen LogP) is 3.46. The minimum Gasteiger partial charge on any atom is -0.481 e. The average molecular weight is 350 g/mol. The van der Waals surface area contributed by atoms with Crippen molar-refractivity contribution in [2.75, 3.05) is 7.11 Å². The van der Waals surface area contributed by atoms with E-state index in [-0.39, 0.29) is 23.9 Å². The van der Waals surface area contributed by atoms with E-state index in [0.717, 1.165) is 30.7 Å². The number of amides is 1. The van der Waals surface area contributed by atoms with Crippen molar-refractivity contribution in [3.8, 4) is 5.88 Å². The van der Waals surface area contributed by atoms with Crippen LogP contribution in [0.1, 0.15) is 29.5 Å². The maximum absolute atomic E-state index is 12.9. The molecule has 1 saturated carbocycles. The fourth-order valence-electron chi connectivity index (χ4n) is 2.84. The van der Waals surface area contributed by atoms with Crippen molar-refractivity contribution in [3.05, 3.63) is 59.3 Å². The minimum absolute atomic E-state index is 0.0675. The number of pyridine rings is 1. The Bertz CT molecular complexity index is 772. The van der Waals surface area contributed by atoms with Crippen LogP contribution in [0, 0.1) is 0 Å². The maximum Gasteiger partial charge on any atom is 0.417 e. The van der Waals surface area contributed by atoms with Gasteiger partial charge in [-0.2, -0.15) is 13.2 Å². The molecule has 1 aromatic heterocycles. The van der Waals surface area contributed by atoms with Gasteiger partial charge in [0.2, 0.25) is 11.8 Å². The van der Waals surface area contributed by atoms with E-state index in [0.29, 0.717) is 0 Å². The number of alkyl halides is 3. The normalized spacial score (nSPS) is 15.5. The number of ether oxygens (including phenoxy) is 1.